The molecule has 0 aliphatic carbocycles. The number of H-pyrrole nitrogens is 1. The fraction of sp³-hybridized carbons (Fsp3) is 0.579. The summed E-state index contributed by atoms with van der Waals surface area (Å²) in [5.41, 5.74) is 1.30. The molecule has 3 rings (SSSR count). The number of aromatic amines is 1. The van der Waals surface area contributed by atoms with Crippen LogP contribution in [-0.2, 0) is 4.74 Å². The van der Waals surface area contributed by atoms with E-state index in [0.717, 1.165) is 19.3 Å². The van der Waals surface area contributed by atoms with Gasteiger partial charge in [-0.15, -0.1) is 10.2 Å². The molecule has 1 N–H and O–H groups in total. The average molecular weight is 357 g/mol. The molecule has 1 fully saturated rings. The van der Waals surface area contributed by atoms with E-state index in [1.54, 1.807) is 0 Å². The van der Waals surface area contributed by atoms with Gasteiger partial charge in [0.05, 0.1) is 17.8 Å². The van der Waals surface area contributed by atoms with Crippen molar-refractivity contribution in [2.75, 3.05) is 13.1 Å². The number of ether oxygens (including phenoxy) is 1. The maximum atomic E-state index is 13.3. The van der Waals surface area contributed by atoms with E-state index < -0.39 is 0 Å². The van der Waals surface area contributed by atoms with Gasteiger partial charge < -0.3 is 9.64 Å². The second kappa shape index (κ2) is 8.40. The number of carbonyl (C=O) groups excluding carboxylic acids is 1. The van der Waals surface area contributed by atoms with Crippen LogP contribution in [0.4, 0.5) is 0 Å². The monoisotopic (exact) mass is 357 g/mol. The fourth-order valence-corrected chi connectivity index (χ4v) is 3.31. The first kappa shape index (κ1) is 18.5. The number of morpholine rings is 1. The van der Waals surface area contributed by atoms with Crippen LogP contribution in [0.2, 0.25) is 0 Å². The van der Waals surface area contributed by atoms with Gasteiger partial charge in [0, 0.05) is 18.7 Å². The minimum absolute atomic E-state index is 0.000786. The third-order valence-electron chi connectivity index (χ3n) is 4.85. The molecule has 2 atom stereocenters. The number of nitrogens with one attached hydrogen (secondary N) is 1. The lowest BCUT2D eigenvalue weighted by atomic mass is 10.00. The first-order chi connectivity index (χ1) is 12.6. The summed E-state index contributed by atoms with van der Waals surface area (Å²) in [5, 5.41) is 14.1. The van der Waals surface area contributed by atoms with Crippen molar-refractivity contribution in [1.29, 1.82) is 0 Å². The normalized spacial score (nSPS) is 20.5. The number of hydrogen-bond acceptors (Lipinski definition) is 5. The highest BCUT2D eigenvalue weighted by molar-refractivity contribution is 6.00. The Morgan fingerprint density at radius 2 is 2.15 bits per heavy atom. The number of benzene rings is 1. The van der Waals surface area contributed by atoms with Crippen LogP contribution in [0.25, 0.3) is 11.4 Å². The highest BCUT2D eigenvalue weighted by Crippen LogP contribution is 2.25. The van der Waals surface area contributed by atoms with Crippen molar-refractivity contribution < 1.29 is 9.53 Å². The number of aromatic nitrogens is 4. The number of carbonyl (C=O) groups is 1. The molecule has 0 radical (unpaired) electrons. The van der Waals surface area contributed by atoms with E-state index in [4.69, 9.17) is 4.74 Å². The average Bonchev–Trinajstić information content (AvgIpc) is 3.20. The SMILES string of the molecule is CCCC[C@@H]1CN(C(=O)c2ccccc2-c2nn[nH]n2)C[C@H](C(C)C)O1. The van der Waals surface area contributed by atoms with Crippen molar-refractivity contribution in [1.82, 2.24) is 25.5 Å². The fourth-order valence-electron chi connectivity index (χ4n) is 3.31. The van der Waals surface area contributed by atoms with E-state index in [0.29, 0.717) is 36.0 Å². The first-order valence-electron chi connectivity index (χ1n) is 9.37. The van der Waals surface area contributed by atoms with Gasteiger partial charge in [0.25, 0.3) is 5.91 Å². The minimum Gasteiger partial charge on any atom is -0.371 e. The van der Waals surface area contributed by atoms with Crippen LogP contribution < -0.4 is 0 Å². The Labute approximate surface area is 154 Å². The van der Waals surface area contributed by atoms with Gasteiger partial charge in [0.2, 0.25) is 5.82 Å². The molecule has 0 bridgehead atoms. The van der Waals surface area contributed by atoms with Crippen LogP contribution in [0, 0.1) is 5.92 Å². The Hall–Kier alpha value is -2.28. The number of rotatable bonds is 6. The summed E-state index contributed by atoms with van der Waals surface area (Å²) < 4.78 is 6.24. The van der Waals surface area contributed by atoms with Crippen LogP contribution in [0.3, 0.4) is 0 Å². The van der Waals surface area contributed by atoms with Crippen LogP contribution in [0.15, 0.2) is 24.3 Å². The molecule has 26 heavy (non-hydrogen) atoms. The van der Waals surface area contributed by atoms with Crippen LogP contribution in [0.5, 0.6) is 0 Å². The van der Waals surface area contributed by atoms with Crippen LogP contribution in [-0.4, -0.2) is 56.7 Å². The Balaban J connectivity index is 1.84. The lowest BCUT2D eigenvalue weighted by molar-refractivity contribution is -0.0962. The van der Waals surface area contributed by atoms with Gasteiger partial charge >= 0.3 is 0 Å². The zero-order valence-corrected chi connectivity index (χ0v) is 15.7. The van der Waals surface area contributed by atoms with Crippen molar-refractivity contribution >= 4 is 5.91 Å². The quantitative estimate of drug-likeness (QED) is 0.859. The van der Waals surface area contributed by atoms with E-state index in [2.05, 4.69) is 41.4 Å². The molecule has 1 aromatic heterocycles. The molecule has 0 saturated carbocycles. The van der Waals surface area contributed by atoms with Gasteiger partial charge in [-0.3, -0.25) is 4.79 Å². The second-order valence-electron chi connectivity index (χ2n) is 7.17. The molecule has 2 heterocycles. The third kappa shape index (κ3) is 4.09. The highest BCUT2D eigenvalue weighted by Gasteiger charge is 2.33. The molecule has 0 spiro atoms. The Morgan fingerprint density at radius 3 is 2.85 bits per heavy atom. The zero-order valence-electron chi connectivity index (χ0n) is 15.7. The molecular formula is C19H27N5O2. The van der Waals surface area contributed by atoms with E-state index in [1.165, 1.54) is 0 Å². The number of amides is 1. The predicted octanol–water partition coefficient (Wildman–Crippen LogP) is 2.92. The number of unbranched alkanes of at least 4 members (excludes halogenated alkanes) is 1. The van der Waals surface area contributed by atoms with Gasteiger partial charge in [-0.25, -0.2) is 0 Å². The maximum Gasteiger partial charge on any atom is 0.254 e. The topological polar surface area (TPSA) is 84.0 Å². The third-order valence-corrected chi connectivity index (χ3v) is 4.85. The molecule has 1 aliphatic heterocycles. The maximum absolute atomic E-state index is 13.3. The van der Waals surface area contributed by atoms with Crippen molar-refractivity contribution in [2.45, 2.75) is 52.2 Å². The van der Waals surface area contributed by atoms with Gasteiger partial charge in [0.15, 0.2) is 0 Å². The Bertz CT molecular complexity index is 716. The van der Waals surface area contributed by atoms with Crippen LogP contribution >= 0.6 is 0 Å². The molecule has 0 unspecified atom stereocenters. The summed E-state index contributed by atoms with van der Waals surface area (Å²) in [6.45, 7) is 7.70. The molecule has 2 aromatic rings. The van der Waals surface area contributed by atoms with Crippen molar-refractivity contribution in [3.8, 4) is 11.4 Å². The van der Waals surface area contributed by atoms with Gasteiger partial charge in [-0.05, 0) is 23.6 Å². The molecule has 7 nitrogen and oxygen atoms in total. The predicted molar refractivity (Wildman–Crippen MR) is 98.5 cm³/mol. The van der Waals surface area contributed by atoms with Crippen molar-refractivity contribution in [2.24, 2.45) is 5.92 Å². The summed E-state index contributed by atoms with van der Waals surface area (Å²) in [5.74, 6) is 0.799. The van der Waals surface area contributed by atoms with E-state index >= 15 is 0 Å². The summed E-state index contributed by atoms with van der Waals surface area (Å²) in [6, 6.07) is 7.43. The number of hydrogen-bond donors (Lipinski definition) is 1. The molecule has 7 heteroatoms. The van der Waals surface area contributed by atoms with Crippen molar-refractivity contribution in [3.63, 3.8) is 0 Å². The smallest absolute Gasteiger partial charge is 0.254 e. The number of nitrogens with zero attached hydrogens (tertiary/aromatic N) is 4. The summed E-state index contributed by atoms with van der Waals surface area (Å²) in [7, 11) is 0. The summed E-state index contributed by atoms with van der Waals surface area (Å²) in [6.07, 6.45) is 3.37. The van der Waals surface area contributed by atoms with E-state index in [-0.39, 0.29) is 18.1 Å². The molecule has 1 amide bonds. The van der Waals surface area contributed by atoms with E-state index in [9.17, 15) is 4.79 Å². The summed E-state index contributed by atoms with van der Waals surface area (Å²) in [4.78, 5) is 15.2. The highest BCUT2D eigenvalue weighted by atomic mass is 16.5. The Kier molecular flexibility index (Phi) is 5.98. The Morgan fingerprint density at radius 1 is 1.35 bits per heavy atom. The first-order valence-corrected chi connectivity index (χ1v) is 9.37. The lowest BCUT2D eigenvalue weighted by Crippen LogP contribution is -2.51. The van der Waals surface area contributed by atoms with E-state index in [1.807, 2.05) is 29.2 Å². The zero-order chi connectivity index (χ0) is 18.5. The number of tetrazole rings is 1. The largest absolute Gasteiger partial charge is 0.371 e. The lowest BCUT2D eigenvalue weighted by Gasteiger charge is -2.40. The second-order valence-corrected chi connectivity index (χ2v) is 7.17. The molecular weight excluding hydrogens is 330 g/mol. The molecule has 1 aliphatic rings. The summed E-state index contributed by atoms with van der Waals surface area (Å²) >= 11 is 0. The minimum atomic E-state index is 0.000786. The van der Waals surface area contributed by atoms with Gasteiger partial charge in [-0.2, -0.15) is 5.21 Å². The van der Waals surface area contributed by atoms with Crippen molar-refractivity contribution in [3.05, 3.63) is 29.8 Å². The van der Waals surface area contributed by atoms with Gasteiger partial charge in [0.1, 0.15) is 0 Å². The molecule has 1 saturated heterocycles. The molecule has 1 aromatic carbocycles. The van der Waals surface area contributed by atoms with Crippen LogP contribution in [0.1, 0.15) is 50.4 Å². The molecule has 140 valence electrons. The standard InChI is InChI=1S/C19H27N5O2/c1-4-5-8-14-11-24(12-17(26-14)13(2)3)19(25)16-10-7-6-9-15(16)18-20-22-23-21-18/h6-7,9-10,13-14,17H,4-5,8,11-12H2,1-3H3,(H,20,21,22,23)/t14-,17-/m1/s1. The van der Waals surface area contributed by atoms with Gasteiger partial charge in [-0.1, -0.05) is 51.8 Å².